The number of rotatable bonds is 5. The summed E-state index contributed by atoms with van der Waals surface area (Å²) in [5.41, 5.74) is 3.40. The maximum absolute atomic E-state index is 13.5. The third kappa shape index (κ3) is 5.38. The van der Waals surface area contributed by atoms with Gasteiger partial charge in [-0.25, -0.2) is 0 Å². The van der Waals surface area contributed by atoms with Crippen LogP contribution in [0.15, 0.2) is 23.8 Å². The summed E-state index contributed by atoms with van der Waals surface area (Å²) < 4.78 is 0. The Morgan fingerprint density at radius 3 is 2.33 bits per heavy atom. The van der Waals surface area contributed by atoms with Crippen LogP contribution < -0.4 is 0 Å². The molecule has 33 heavy (non-hydrogen) atoms. The van der Waals surface area contributed by atoms with Gasteiger partial charge in [-0.2, -0.15) is 0 Å². The van der Waals surface area contributed by atoms with E-state index in [-0.39, 0.29) is 0 Å². The molecule has 3 unspecified atom stereocenters. The zero-order valence-corrected chi connectivity index (χ0v) is 23.3. The van der Waals surface area contributed by atoms with Gasteiger partial charge in [0, 0.05) is 5.92 Å². The van der Waals surface area contributed by atoms with Crippen molar-refractivity contribution in [3.63, 3.8) is 0 Å². The van der Waals surface area contributed by atoms with Crippen LogP contribution in [-0.4, -0.2) is 5.78 Å². The topological polar surface area (TPSA) is 17.1 Å². The summed E-state index contributed by atoms with van der Waals surface area (Å²) >= 11 is 0. The Morgan fingerprint density at radius 2 is 1.70 bits per heavy atom. The van der Waals surface area contributed by atoms with Gasteiger partial charge in [-0.15, -0.1) is 6.58 Å². The van der Waals surface area contributed by atoms with Crippen LogP contribution in [0.5, 0.6) is 0 Å². The third-order valence-corrected chi connectivity index (χ3v) is 10.4. The maximum Gasteiger partial charge on any atom is 0.159 e. The maximum atomic E-state index is 13.5. The first kappa shape index (κ1) is 26.7. The van der Waals surface area contributed by atoms with Crippen molar-refractivity contribution in [2.75, 3.05) is 0 Å². The number of carbonyl (C=O) groups excluding carboxylic acids is 1. The van der Waals surface area contributed by atoms with Crippen molar-refractivity contribution >= 4 is 5.78 Å². The lowest BCUT2D eigenvalue weighted by Gasteiger charge is -2.57. The smallest absolute Gasteiger partial charge is 0.159 e. The van der Waals surface area contributed by atoms with Gasteiger partial charge in [0.05, 0.1) is 0 Å². The first-order valence-electron chi connectivity index (χ1n) is 14.3. The molecule has 4 aliphatic rings. The van der Waals surface area contributed by atoms with E-state index in [1.54, 1.807) is 0 Å². The summed E-state index contributed by atoms with van der Waals surface area (Å²) in [6.45, 7) is 22.2. The van der Waals surface area contributed by atoms with E-state index in [0.29, 0.717) is 34.4 Å². The Morgan fingerprint density at radius 1 is 1.03 bits per heavy atom. The van der Waals surface area contributed by atoms with Gasteiger partial charge in [0.15, 0.2) is 5.78 Å². The van der Waals surface area contributed by atoms with Crippen molar-refractivity contribution in [1.82, 2.24) is 0 Å². The Labute approximate surface area is 206 Å². The summed E-state index contributed by atoms with van der Waals surface area (Å²) in [6.07, 6.45) is 15.4. The van der Waals surface area contributed by atoms with Crippen molar-refractivity contribution in [1.29, 1.82) is 0 Å². The van der Waals surface area contributed by atoms with Gasteiger partial charge in [-0.05, 0) is 111 Å². The molecule has 188 valence electrons. The van der Waals surface area contributed by atoms with Gasteiger partial charge in [0.1, 0.15) is 0 Å². The molecule has 0 aromatic heterocycles. The van der Waals surface area contributed by atoms with Crippen LogP contribution in [0, 0.1) is 52.3 Å². The number of fused-ring (bicyclic) bond motifs is 5. The van der Waals surface area contributed by atoms with E-state index < -0.39 is 0 Å². The lowest BCUT2D eigenvalue weighted by Crippen LogP contribution is -2.53. The van der Waals surface area contributed by atoms with E-state index in [4.69, 9.17) is 0 Å². The molecule has 8 atom stereocenters. The summed E-state index contributed by atoms with van der Waals surface area (Å²) in [7, 11) is 0. The van der Waals surface area contributed by atoms with Crippen molar-refractivity contribution in [2.24, 2.45) is 52.3 Å². The fraction of sp³-hybridized carbons (Fsp3) is 0.844. The van der Waals surface area contributed by atoms with Gasteiger partial charge in [0.25, 0.3) is 0 Å². The standard InChI is InChI=1S/C28H46O.C4H8/c1-18(2)8-7-9-20(4)22-10-11-23-26-24(13-15-28(22,23)6)27(5)14-12-19(3)16-21(27)17-25(26)29;1-4(2)3/h17-20,22-24,26H,7-16H2,1-6H3;1H2,2-3H3/t19-,20+,22?,23-,24?,26?,27-,28+;/m0./s1. The van der Waals surface area contributed by atoms with Crippen LogP contribution in [0.25, 0.3) is 0 Å². The molecule has 4 aliphatic carbocycles. The van der Waals surface area contributed by atoms with Gasteiger partial charge in [0.2, 0.25) is 0 Å². The quantitative estimate of drug-likeness (QED) is 0.378. The second-order valence-corrected chi connectivity index (χ2v) is 13.8. The van der Waals surface area contributed by atoms with Gasteiger partial charge < -0.3 is 0 Å². The summed E-state index contributed by atoms with van der Waals surface area (Å²) in [4.78, 5) is 13.5. The molecule has 0 aromatic carbocycles. The van der Waals surface area contributed by atoms with Crippen molar-refractivity contribution in [2.45, 2.75) is 120 Å². The second kappa shape index (κ2) is 10.4. The first-order valence-corrected chi connectivity index (χ1v) is 14.3. The summed E-state index contributed by atoms with van der Waals surface area (Å²) in [5.74, 6) is 5.33. The summed E-state index contributed by atoms with van der Waals surface area (Å²) in [6, 6.07) is 0. The minimum atomic E-state index is 0.313. The minimum absolute atomic E-state index is 0.313. The molecule has 3 fully saturated rings. The van der Waals surface area contributed by atoms with Crippen LogP contribution >= 0.6 is 0 Å². The highest BCUT2D eigenvalue weighted by molar-refractivity contribution is 5.94. The molecule has 0 aromatic rings. The lowest BCUT2D eigenvalue weighted by molar-refractivity contribution is -0.134. The van der Waals surface area contributed by atoms with E-state index in [0.717, 1.165) is 23.7 Å². The lowest BCUT2D eigenvalue weighted by atomic mass is 9.46. The zero-order valence-electron chi connectivity index (χ0n) is 23.3. The largest absolute Gasteiger partial charge is 0.295 e. The molecule has 1 nitrogen and oxygen atoms in total. The molecule has 0 bridgehead atoms. The number of hydrogen-bond acceptors (Lipinski definition) is 1. The van der Waals surface area contributed by atoms with Crippen molar-refractivity contribution in [3.8, 4) is 0 Å². The van der Waals surface area contributed by atoms with E-state index in [1.165, 1.54) is 75.4 Å². The highest BCUT2D eigenvalue weighted by Crippen LogP contribution is 2.66. The average Bonchev–Trinajstić information content (AvgIpc) is 3.06. The Bertz CT molecular complexity index is 740. The Balaban J connectivity index is 0.000000709. The number of ketones is 1. The van der Waals surface area contributed by atoms with E-state index in [2.05, 4.69) is 54.2 Å². The van der Waals surface area contributed by atoms with Crippen LogP contribution in [-0.2, 0) is 4.79 Å². The van der Waals surface area contributed by atoms with Crippen LogP contribution in [0.3, 0.4) is 0 Å². The molecular formula is C32H54O. The van der Waals surface area contributed by atoms with Gasteiger partial charge in [-0.3, -0.25) is 4.79 Å². The second-order valence-electron chi connectivity index (χ2n) is 13.8. The molecule has 0 spiro atoms. The predicted molar refractivity (Wildman–Crippen MR) is 143 cm³/mol. The molecule has 0 amide bonds. The number of hydrogen-bond donors (Lipinski definition) is 0. The van der Waals surface area contributed by atoms with Crippen molar-refractivity contribution in [3.05, 3.63) is 23.8 Å². The minimum Gasteiger partial charge on any atom is -0.295 e. The highest BCUT2D eigenvalue weighted by atomic mass is 16.1. The summed E-state index contributed by atoms with van der Waals surface area (Å²) in [5, 5.41) is 0. The first-order chi connectivity index (χ1) is 15.4. The normalized spacial score (nSPS) is 40.7. The van der Waals surface area contributed by atoms with Crippen LogP contribution in [0.1, 0.15) is 120 Å². The Hall–Kier alpha value is -0.850. The van der Waals surface area contributed by atoms with Crippen LogP contribution in [0.2, 0.25) is 0 Å². The fourth-order valence-electron chi connectivity index (χ4n) is 8.61. The molecule has 0 heterocycles. The molecule has 0 N–H and O–H groups in total. The molecule has 0 radical (unpaired) electrons. The fourth-order valence-corrected chi connectivity index (χ4v) is 8.61. The van der Waals surface area contributed by atoms with E-state index in [1.807, 2.05) is 13.8 Å². The third-order valence-electron chi connectivity index (χ3n) is 10.4. The van der Waals surface area contributed by atoms with Gasteiger partial charge >= 0.3 is 0 Å². The molecular weight excluding hydrogens is 400 g/mol. The average molecular weight is 455 g/mol. The monoisotopic (exact) mass is 454 g/mol. The van der Waals surface area contributed by atoms with Gasteiger partial charge in [-0.1, -0.05) is 72.0 Å². The van der Waals surface area contributed by atoms with Crippen molar-refractivity contribution < 1.29 is 4.79 Å². The SMILES string of the molecule is C=C(C)C.CC(C)CCC[C@@H](C)C1CC[C@H]2C3C(=O)C=C4C[C@@H](C)CC[C@]4(C)C3CC[C@]12C. The molecule has 3 saturated carbocycles. The van der Waals surface area contributed by atoms with E-state index >= 15 is 0 Å². The molecule has 0 aliphatic heterocycles. The number of allylic oxidation sites excluding steroid dienone is 3. The van der Waals surface area contributed by atoms with Crippen LogP contribution in [0.4, 0.5) is 0 Å². The molecule has 1 heteroatoms. The zero-order chi connectivity index (χ0) is 24.6. The predicted octanol–water partition coefficient (Wildman–Crippen LogP) is 9.43. The van der Waals surface area contributed by atoms with E-state index in [9.17, 15) is 4.79 Å². The molecule has 4 rings (SSSR count). The number of carbonyl (C=O) groups is 1. The highest BCUT2D eigenvalue weighted by Gasteiger charge is 2.61. The molecule has 0 saturated heterocycles. The Kier molecular flexibility index (Phi) is 8.44.